The van der Waals surface area contributed by atoms with Crippen LogP contribution < -0.4 is 0 Å². The third kappa shape index (κ3) is 3.28. The lowest BCUT2D eigenvalue weighted by Gasteiger charge is -2.15. The van der Waals surface area contributed by atoms with Crippen molar-refractivity contribution < 1.29 is 0 Å². The Bertz CT molecular complexity index is 134. The molecule has 0 bridgehead atoms. The van der Waals surface area contributed by atoms with Gasteiger partial charge in [0.15, 0.2) is 0 Å². The fourth-order valence-electron chi connectivity index (χ4n) is 1.42. The molecular formula is C9H18NS. The molecule has 2 heteroatoms. The summed E-state index contributed by atoms with van der Waals surface area (Å²) in [5, 5.41) is 0. The Hall–Kier alpha value is 0.0200. The van der Waals surface area contributed by atoms with Crippen LogP contribution in [-0.2, 0) is 0 Å². The van der Waals surface area contributed by atoms with Crippen LogP contribution in [0.15, 0.2) is 4.99 Å². The van der Waals surface area contributed by atoms with E-state index in [0.717, 1.165) is 12.5 Å². The minimum Gasteiger partial charge on any atom is -0.287 e. The molecule has 2 atom stereocenters. The van der Waals surface area contributed by atoms with E-state index >= 15 is 0 Å². The first-order valence-corrected chi connectivity index (χ1v) is 6.08. The summed E-state index contributed by atoms with van der Waals surface area (Å²) in [6, 6.07) is 0. The van der Waals surface area contributed by atoms with Crippen molar-refractivity contribution in [2.45, 2.75) is 26.7 Å². The van der Waals surface area contributed by atoms with Gasteiger partial charge in [0.1, 0.15) is 0 Å². The molecule has 1 aliphatic rings. The van der Waals surface area contributed by atoms with Crippen LogP contribution in [0.4, 0.5) is 0 Å². The van der Waals surface area contributed by atoms with Gasteiger partial charge in [-0.1, -0.05) is 26.7 Å². The van der Waals surface area contributed by atoms with Gasteiger partial charge in [-0.15, -0.1) is 0 Å². The molecule has 0 aliphatic carbocycles. The Morgan fingerprint density at radius 3 is 3.00 bits per heavy atom. The molecule has 2 unspecified atom stereocenters. The molecule has 1 heterocycles. The maximum absolute atomic E-state index is 4.23. The van der Waals surface area contributed by atoms with Crippen LogP contribution in [-0.4, -0.2) is 17.8 Å². The third-order valence-corrected chi connectivity index (χ3v) is 4.09. The van der Waals surface area contributed by atoms with E-state index in [4.69, 9.17) is 0 Å². The first-order valence-electron chi connectivity index (χ1n) is 4.42. The Morgan fingerprint density at radius 2 is 2.45 bits per heavy atom. The Labute approximate surface area is 72.6 Å². The van der Waals surface area contributed by atoms with Crippen LogP contribution in [0.1, 0.15) is 26.7 Å². The van der Waals surface area contributed by atoms with Crippen LogP contribution in [0.5, 0.6) is 0 Å². The number of nitrogens with zero attached hydrogens (tertiary/aromatic N) is 1. The normalized spacial score (nSPS) is 29.1. The summed E-state index contributed by atoms with van der Waals surface area (Å²) < 4.78 is 0. The lowest BCUT2D eigenvalue weighted by Crippen LogP contribution is -2.01. The summed E-state index contributed by atoms with van der Waals surface area (Å²) in [6.07, 6.45) is 2.70. The first kappa shape index (κ1) is 9.11. The van der Waals surface area contributed by atoms with Gasteiger partial charge in [-0.3, -0.25) is 4.99 Å². The lowest BCUT2D eigenvalue weighted by molar-refractivity contribution is 0.585. The van der Waals surface area contributed by atoms with E-state index in [9.17, 15) is 0 Å². The number of hydrogen-bond donors (Lipinski definition) is 1. The minimum absolute atomic E-state index is 0.0873. The molecule has 0 aromatic carbocycles. The third-order valence-electron chi connectivity index (χ3n) is 1.96. The molecule has 0 N–H and O–H groups in total. The van der Waals surface area contributed by atoms with E-state index in [0.29, 0.717) is 0 Å². The Morgan fingerprint density at radius 1 is 1.64 bits per heavy atom. The van der Waals surface area contributed by atoms with Crippen LogP contribution in [0, 0.1) is 11.7 Å². The second kappa shape index (κ2) is 4.81. The summed E-state index contributed by atoms with van der Waals surface area (Å²) in [5.41, 5.74) is 2.17. The molecule has 1 aliphatic heterocycles. The standard InChI is InChI=1S/C9H18NS/c1-3-4-9(2)7-11-6-5-10-8-11/h6,8-9,11H,3-5,7H2,1-2H3. The van der Waals surface area contributed by atoms with Crippen molar-refractivity contribution in [1.29, 1.82) is 0 Å². The zero-order valence-electron chi connectivity index (χ0n) is 7.45. The first-order chi connectivity index (χ1) is 5.33. The minimum atomic E-state index is 0.0873. The second-order valence-electron chi connectivity index (χ2n) is 3.25. The van der Waals surface area contributed by atoms with Gasteiger partial charge in [0, 0.05) is 11.3 Å². The van der Waals surface area contributed by atoms with Crippen molar-refractivity contribution in [3.63, 3.8) is 0 Å². The monoisotopic (exact) mass is 172 g/mol. The molecule has 65 valence electrons. The summed E-state index contributed by atoms with van der Waals surface area (Å²) >= 11 is 0. The summed E-state index contributed by atoms with van der Waals surface area (Å²) in [7, 11) is 0.0873. The highest BCUT2D eigenvalue weighted by molar-refractivity contribution is 8.30. The molecule has 0 spiro atoms. The molecule has 0 aromatic rings. The summed E-state index contributed by atoms with van der Waals surface area (Å²) in [5.74, 6) is 4.64. The number of rotatable bonds is 4. The highest BCUT2D eigenvalue weighted by atomic mass is 32.2. The zero-order valence-corrected chi connectivity index (χ0v) is 8.35. The quantitative estimate of drug-likeness (QED) is 0.626. The molecule has 0 saturated carbocycles. The molecule has 0 fully saturated rings. The van der Waals surface area contributed by atoms with E-state index in [2.05, 4.69) is 30.1 Å². The smallest absolute Gasteiger partial charge is 0.0511 e. The molecule has 1 radical (unpaired) electrons. The molecule has 0 amide bonds. The van der Waals surface area contributed by atoms with Crippen molar-refractivity contribution >= 4 is 16.4 Å². The number of thiol groups is 1. The highest BCUT2D eigenvalue weighted by Crippen LogP contribution is 2.33. The average molecular weight is 172 g/mol. The fourth-order valence-corrected chi connectivity index (χ4v) is 3.26. The topological polar surface area (TPSA) is 12.4 Å². The van der Waals surface area contributed by atoms with Gasteiger partial charge < -0.3 is 0 Å². The molecule has 1 rings (SSSR count). The van der Waals surface area contributed by atoms with Crippen molar-refractivity contribution in [2.24, 2.45) is 10.9 Å². The van der Waals surface area contributed by atoms with E-state index in [1.54, 1.807) is 0 Å². The predicted molar refractivity (Wildman–Crippen MR) is 55.6 cm³/mol. The van der Waals surface area contributed by atoms with E-state index in [1.165, 1.54) is 18.6 Å². The van der Waals surface area contributed by atoms with Crippen LogP contribution in [0.2, 0.25) is 0 Å². The highest BCUT2D eigenvalue weighted by Gasteiger charge is 2.10. The maximum atomic E-state index is 4.23. The summed E-state index contributed by atoms with van der Waals surface area (Å²) in [6.45, 7) is 5.59. The zero-order chi connectivity index (χ0) is 8.10. The van der Waals surface area contributed by atoms with Crippen molar-refractivity contribution in [1.82, 2.24) is 0 Å². The van der Waals surface area contributed by atoms with Gasteiger partial charge in [0.2, 0.25) is 0 Å². The van der Waals surface area contributed by atoms with Gasteiger partial charge in [0.25, 0.3) is 0 Å². The summed E-state index contributed by atoms with van der Waals surface area (Å²) in [4.78, 5) is 4.23. The molecular weight excluding hydrogens is 154 g/mol. The SMILES string of the molecule is CCCC(C)C[SH]1[CH]CN=C1. The molecule has 1 nitrogen and oxygen atoms in total. The van der Waals surface area contributed by atoms with E-state index in [-0.39, 0.29) is 10.9 Å². The van der Waals surface area contributed by atoms with Gasteiger partial charge in [-0.2, -0.15) is 0 Å². The molecule has 0 aromatic heterocycles. The van der Waals surface area contributed by atoms with Crippen molar-refractivity contribution in [3.05, 3.63) is 5.75 Å². The number of aliphatic imine (C=N–C) groups is 1. The van der Waals surface area contributed by atoms with Gasteiger partial charge in [0.05, 0.1) is 6.54 Å². The van der Waals surface area contributed by atoms with Crippen LogP contribution >= 0.6 is 10.9 Å². The Balaban J connectivity index is 2.13. The average Bonchev–Trinajstić information content (AvgIpc) is 2.40. The van der Waals surface area contributed by atoms with Gasteiger partial charge in [-0.25, -0.2) is 10.9 Å². The van der Waals surface area contributed by atoms with Gasteiger partial charge in [-0.05, 0) is 11.7 Å². The lowest BCUT2D eigenvalue weighted by atomic mass is 10.1. The van der Waals surface area contributed by atoms with Gasteiger partial charge >= 0.3 is 0 Å². The second-order valence-corrected chi connectivity index (χ2v) is 5.24. The van der Waals surface area contributed by atoms with Crippen LogP contribution in [0.3, 0.4) is 0 Å². The Kier molecular flexibility index (Phi) is 3.98. The fraction of sp³-hybridized carbons (Fsp3) is 0.778. The van der Waals surface area contributed by atoms with Crippen molar-refractivity contribution in [2.75, 3.05) is 12.3 Å². The molecule has 0 saturated heterocycles. The van der Waals surface area contributed by atoms with E-state index in [1.807, 2.05) is 0 Å². The van der Waals surface area contributed by atoms with Crippen LogP contribution in [0.25, 0.3) is 0 Å². The number of hydrogen-bond acceptors (Lipinski definition) is 1. The largest absolute Gasteiger partial charge is 0.287 e. The maximum Gasteiger partial charge on any atom is 0.0511 e. The molecule has 11 heavy (non-hydrogen) atoms. The van der Waals surface area contributed by atoms with E-state index < -0.39 is 0 Å². The van der Waals surface area contributed by atoms with Crippen molar-refractivity contribution in [3.8, 4) is 0 Å². The predicted octanol–water partition coefficient (Wildman–Crippen LogP) is 2.63.